The molecule has 0 spiro atoms. The van der Waals surface area contributed by atoms with Crippen LogP contribution >= 0.6 is 0 Å². The average molecular weight is 533 g/mol. The third kappa shape index (κ3) is 7.09. The van der Waals surface area contributed by atoms with Gasteiger partial charge in [0.15, 0.2) is 0 Å². The van der Waals surface area contributed by atoms with Gasteiger partial charge in [-0.15, -0.1) is 3.89 Å². The van der Waals surface area contributed by atoms with Gasteiger partial charge in [0.2, 0.25) is 6.04 Å². The topological polar surface area (TPSA) is 158 Å². The highest BCUT2D eigenvalue weighted by molar-refractivity contribution is 7.86. The van der Waals surface area contributed by atoms with Crippen LogP contribution in [0.4, 0.5) is 5.69 Å². The minimum Gasteiger partial charge on any atom is -0.477 e. The molecule has 0 saturated heterocycles. The number of carboxylic acid groups (broad SMARTS) is 1. The van der Waals surface area contributed by atoms with Crippen LogP contribution in [0.25, 0.3) is 0 Å². The van der Waals surface area contributed by atoms with Gasteiger partial charge in [-0.25, -0.2) is 9.59 Å². The number of unbranched alkanes of at least 4 members (excludes halogenated alkanes) is 1. The summed E-state index contributed by atoms with van der Waals surface area (Å²) in [6, 6.07) is 11.7. The number of allylic oxidation sites excluding steroid dienone is 1. The zero-order valence-electron chi connectivity index (χ0n) is 21.0. The molecule has 0 saturated carbocycles. The van der Waals surface area contributed by atoms with Crippen LogP contribution in [-0.2, 0) is 26.0 Å². The van der Waals surface area contributed by atoms with Crippen molar-refractivity contribution in [1.82, 2.24) is 0 Å². The van der Waals surface area contributed by atoms with Crippen molar-refractivity contribution in [3.8, 4) is 0 Å². The first-order valence-electron chi connectivity index (χ1n) is 12.0. The van der Waals surface area contributed by atoms with Crippen molar-refractivity contribution in [2.75, 3.05) is 13.1 Å². The van der Waals surface area contributed by atoms with E-state index in [9.17, 15) is 33.2 Å². The fraction of sp³-hybridized carbons (Fsp3) is 0.385. The molecule has 0 aromatic heterocycles. The highest BCUT2D eigenvalue weighted by atomic mass is 32.2. The molecule has 0 radical (unpaired) electrons. The van der Waals surface area contributed by atoms with Gasteiger partial charge < -0.3 is 10.8 Å². The number of nitro groups is 1. The van der Waals surface area contributed by atoms with Crippen molar-refractivity contribution in [2.24, 2.45) is 11.7 Å². The maximum absolute atomic E-state index is 14.2. The van der Waals surface area contributed by atoms with E-state index < -0.39 is 36.8 Å². The summed E-state index contributed by atoms with van der Waals surface area (Å²) in [5.74, 6) is -2.69. The summed E-state index contributed by atoms with van der Waals surface area (Å²) in [4.78, 5) is 36.5. The Balaban J connectivity index is 2.71. The van der Waals surface area contributed by atoms with Crippen LogP contribution in [0, 0.1) is 16.0 Å². The second-order valence-corrected chi connectivity index (χ2v) is 11.2. The number of hydrogen-bond acceptors (Lipinski definition) is 7. The Labute approximate surface area is 217 Å². The molecular formula is C26H34N3O7S+. The van der Waals surface area contributed by atoms with Crippen molar-refractivity contribution >= 4 is 27.6 Å². The highest BCUT2D eigenvalue weighted by Gasteiger charge is 2.57. The summed E-state index contributed by atoms with van der Waals surface area (Å²) >= 11 is 0. The van der Waals surface area contributed by atoms with Gasteiger partial charge in [-0.05, 0) is 43.5 Å². The van der Waals surface area contributed by atoms with Crippen molar-refractivity contribution in [3.63, 3.8) is 0 Å². The summed E-state index contributed by atoms with van der Waals surface area (Å²) in [6.45, 7) is 3.40. The van der Waals surface area contributed by atoms with Crippen LogP contribution < -0.4 is 5.73 Å². The molecule has 11 heteroatoms. The Kier molecular flexibility index (Phi) is 10.7. The smallest absolute Gasteiger partial charge is 0.364 e. The van der Waals surface area contributed by atoms with E-state index in [1.54, 1.807) is 13.8 Å². The molecule has 37 heavy (non-hydrogen) atoms. The fourth-order valence-corrected chi connectivity index (χ4v) is 6.43. The molecule has 2 atom stereocenters. The number of benzene rings is 2. The van der Waals surface area contributed by atoms with E-state index in [2.05, 4.69) is 0 Å². The Morgan fingerprint density at radius 3 is 2.22 bits per heavy atom. The van der Waals surface area contributed by atoms with E-state index in [1.807, 2.05) is 30.3 Å². The third-order valence-corrected chi connectivity index (χ3v) is 8.27. The van der Waals surface area contributed by atoms with Gasteiger partial charge in [0.05, 0.1) is 4.92 Å². The normalized spacial score (nSPS) is 14.4. The number of aliphatic carboxylic acids is 1. The van der Waals surface area contributed by atoms with Crippen LogP contribution in [0.5, 0.6) is 0 Å². The number of non-ortho nitro benzene ring substituents is 1. The molecule has 0 aliphatic heterocycles. The lowest BCUT2D eigenvalue weighted by Crippen LogP contribution is -2.65. The molecule has 2 aromatic rings. The molecule has 200 valence electrons. The quantitative estimate of drug-likeness (QED) is 0.123. The summed E-state index contributed by atoms with van der Waals surface area (Å²) in [5, 5.41) is 21.3. The van der Waals surface area contributed by atoms with E-state index in [0.717, 1.165) is 35.9 Å². The first-order chi connectivity index (χ1) is 17.5. The van der Waals surface area contributed by atoms with Gasteiger partial charge in [-0.3, -0.25) is 10.1 Å². The lowest BCUT2D eigenvalue weighted by Gasteiger charge is -2.39. The predicted molar refractivity (Wildman–Crippen MR) is 139 cm³/mol. The van der Waals surface area contributed by atoms with Gasteiger partial charge in [0.1, 0.15) is 11.4 Å². The summed E-state index contributed by atoms with van der Waals surface area (Å²) in [6.07, 6.45) is 3.68. The second kappa shape index (κ2) is 13.2. The average Bonchev–Trinajstić information content (AvgIpc) is 2.85. The number of quaternary nitrogens is 1. The standard InChI is InChI=1S/C26H33N3O7S/c1-20(2)19-29(24(26(31)32)12-6-7-18-27,25(30)13-8-11-21-9-4-3-5-10-21)37(35,36)23-16-14-22(15-17-23)28(33)34/h3-5,8-10,13-17,20,24H,6-7,11-12,18-19,27H2,1-2H3/p+1/t24-,29?/m0/s1. The van der Waals surface area contributed by atoms with Gasteiger partial charge in [0.25, 0.3) is 5.69 Å². The highest BCUT2D eigenvalue weighted by Crippen LogP contribution is 2.34. The maximum Gasteiger partial charge on any atom is 0.364 e. The van der Waals surface area contributed by atoms with Crippen molar-refractivity contribution in [3.05, 3.63) is 82.4 Å². The van der Waals surface area contributed by atoms with Gasteiger partial charge in [0, 0.05) is 30.5 Å². The van der Waals surface area contributed by atoms with Crippen LogP contribution in [0.2, 0.25) is 0 Å². The van der Waals surface area contributed by atoms with Crippen molar-refractivity contribution in [1.29, 1.82) is 0 Å². The first kappa shape index (κ1) is 29.8. The summed E-state index contributed by atoms with van der Waals surface area (Å²) in [5.41, 5.74) is 6.14. The Hall–Kier alpha value is -3.41. The van der Waals surface area contributed by atoms with Gasteiger partial charge >= 0.3 is 21.9 Å². The minimum absolute atomic E-state index is 0.0935. The monoisotopic (exact) mass is 532 g/mol. The molecule has 1 amide bonds. The summed E-state index contributed by atoms with van der Waals surface area (Å²) in [7, 11) is -4.67. The molecule has 2 aromatic carbocycles. The number of nitro benzene ring substituents is 1. The number of carbonyl (C=O) groups is 2. The molecule has 0 aliphatic carbocycles. The van der Waals surface area contributed by atoms with E-state index in [-0.39, 0.29) is 36.0 Å². The number of rotatable bonds is 14. The molecule has 0 aliphatic rings. The Morgan fingerprint density at radius 2 is 1.70 bits per heavy atom. The zero-order valence-corrected chi connectivity index (χ0v) is 21.8. The molecular weight excluding hydrogens is 498 g/mol. The van der Waals surface area contributed by atoms with E-state index in [4.69, 9.17) is 5.73 Å². The summed E-state index contributed by atoms with van der Waals surface area (Å²) < 4.78 is 27.0. The molecule has 0 bridgehead atoms. The Morgan fingerprint density at radius 1 is 1.08 bits per heavy atom. The molecule has 0 heterocycles. The molecule has 2 rings (SSSR count). The van der Waals surface area contributed by atoms with Crippen LogP contribution in [-0.4, -0.2) is 53.3 Å². The number of hydrogen-bond donors (Lipinski definition) is 2. The number of nitrogens with zero attached hydrogens (tertiary/aromatic N) is 2. The van der Waals surface area contributed by atoms with Crippen LogP contribution in [0.15, 0.2) is 71.6 Å². The van der Waals surface area contributed by atoms with E-state index >= 15 is 0 Å². The SMILES string of the molecule is CC(C)C[N+](C(=O)C=CCc1ccccc1)([C@@H](CCCCN)C(=O)O)S(=O)(=O)c1ccc([N+](=O)[O-])cc1. The third-order valence-electron chi connectivity index (χ3n) is 5.96. The molecule has 3 N–H and O–H groups in total. The fourth-order valence-electron chi connectivity index (χ4n) is 4.25. The van der Waals surface area contributed by atoms with Gasteiger partial charge in [-0.2, -0.15) is 8.42 Å². The van der Waals surface area contributed by atoms with Crippen LogP contribution in [0.3, 0.4) is 0 Å². The minimum atomic E-state index is -4.67. The predicted octanol–water partition coefficient (Wildman–Crippen LogP) is 3.66. The molecule has 0 fully saturated rings. The number of nitrogens with two attached hydrogens (primary N) is 1. The van der Waals surface area contributed by atoms with E-state index in [1.165, 1.54) is 6.08 Å². The lowest BCUT2D eigenvalue weighted by atomic mass is 10.0. The van der Waals surface area contributed by atoms with Crippen molar-refractivity contribution in [2.45, 2.75) is 50.5 Å². The molecule has 1 unspecified atom stereocenters. The number of carbonyl (C=O) groups excluding carboxylic acids is 1. The molecule has 10 nitrogen and oxygen atoms in total. The zero-order chi connectivity index (χ0) is 27.6. The largest absolute Gasteiger partial charge is 0.477 e. The first-order valence-corrected chi connectivity index (χ1v) is 13.5. The maximum atomic E-state index is 14.2. The van der Waals surface area contributed by atoms with Crippen molar-refractivity contribution < 1.29 is 31.9 Å². The van der Waals surface area contributed by atoms with Crippen LogP contribution in [0.1, 0.15) is 38.7 Å². The van der Waals surface area contributed by atoms with E-state index in [0.29, 0.717) is 19.3 Å². The number of sulfonamides is 1. The lowest BCUT2D eigenvalue weighted by molar-refractivity contribution is -0.749. The number of carboxylic acids is 1. The number of amides is 1. The van der Waals surface area contributed by atoms with Gasteiger partial charge in [-0.1, -0.05) is 50.3 Å². The Bertz CT molecular complexity index is 1210. The second-order valence-electron chi connectivity index (χ2n) is 9.17.